The molecule has 0 saturated carbocycles. The van der Waals surface area contributed by atoms with E-state index in [9.17, 15) is 14.4 Å². The highest BCUT2D eigenvalue weighted by atomic mass is 16.6. The van der Waals surface area contributed by atoms with Gasteiger partial charge in [0, 0.05) is 37.3 Å². The minimum Gasteiger partial charge on any atom is -0.486 e. The van der Waals surface area contributed by atoms with E-state index in [0.717, 1.165) is 5.56 Å². The molecule has 9 nitrogen and oxygen atoms in total. The summed E-state index contributed by atoms with van der Waals surface area (Å²) in [5.74, 6) is 0.462. The molecule has 0 radical (unpaired) electrons. The van der Waals surface area contributed by atoms with Crippen molar-refractivity contribution in [2.45, 2.75) is 19.4 Å². The highest BCUT2D eigenvalue weighted by Crippen LogP contribution is 2.34. The average molecular weight is 475 g/mol. The van der Waals surface area contributed by atoms with Crippen LogP contribution in [0.25, 0.3) is 0 Å². The quantitative estimate of drug-likeness (QED) is 0.494. The molecule has 0 spiro atoms. The highest BCUT2D eigenvalue weighted by Gasteiger charge is 2.22. The normalized spacial score (nSPS) is 11.9. The van der Waals surface area contributed by atoms with E-state index in [1.54, 1.807) is 42.6 Å². The number of carbonyl (C=O) groups excluding carboxylic acids is 3. The fourth-order valence-corrected chi connectivity index (χ4v) is 3.52. The van der Waals surface area contributed by atoms with Crippen molar-refractivity contribution in [3.05, 3.63) is 78.5 Å². The number of pyridine rings is 1. The van der Waals surface area contributed by atoms with Crippen molar-refractivity contribution in [3.8, 4) is 11.5 Å². The molecule has 180 valence electrons. The minimum atomic E-state index is -0.368. The maximum absolute atomic E-state index is 13.2. The fourth-order valence-electron chi connectivity index (χ4n) is 3.52. The third kappa shape index (κ3) is 6.80. The van der Waals surface area contributed by atoms with Gasteiger partial charge in [0.25, 0.3) is 0 Å². The largest absolute Gasteiger partial charge is 0.486 e. The van der Waals surface area contributed by atoms with E-state index in [1.807, 2.05) is 30.3 Å². The first-order valence-electron chi connectivity index (χ1n) is 11.3. The molecule has 2 heterocycles. The molecule has 3 aromatic rings. The topological polar surface area (TPSA) is 110 Å². The van der Waals surface area contributed by atoms with Gasteiger partial charge >= 0.3 is 0 Å². The molecule has 4 rings (SSSR count). The SMILES string of the molecule is O=C(CN(C(=O)CCC(=O)Nc1ccccn1)c1ccc2c(c1)OCCO2)NCc1ccccc1. The standard InChI is InChI=1S/C26H26N4O5/c31-24(29-23-8-4-5-13-27-23)11-12-26(33)30(18-25(32)28-17-19-6-2-1-3-7-19)20-9-10-21-22(16-20)35-15-14-34-21/h1-10,13,16H,11-12,14-15,17-18H2,(H,28,32)(H,27,29,31). The van der Waals surface area contributed by atoms with Crippen LogP contribution in [-0.4, -0.2) is 42.5 Å². The number of rotatable bonds is 9. The Labute approximate surface area is 203 Å². The second-order valence-electron chi connectivity index (χ2n) is 7.83. The van der Waals surface area contributed by atoms with Gasteiger partial charge in [-0.15, -0.1) is 0 Å². The van der Waals surface area contributed by atoms with Gasteiger partial charge in [0.1, 0.15) is 25.6 Å². The molecule has 0 aliphatic carbocycles. The molecule has 1 aliphatic heterocycles. The Morgan fingerprint density at radius 2 is 1.63 bits per heavy atom. The zero-order valence-corrected chi connectivity index (χ0v) is 19.1. The zero-order valence-electron chi connectivity index (χ0n) is 19.1. The lowest BCUT2D eigenvalue weighted by Gasteiger charge is -2.25. The van der Waals surface area contributed by atoms with Crippen molar-refractivity contribution in [3.63, 3.8) is 0 Å². The van der Waals surface area contributed by atoms with Gasteiger partial charge < -0.3 is 25.0 Å². The van der Waals surface area contributed by atoms with Crippen LogP contribution in [0.5, 0.6) is 11.5 Å². The van der Waals surface area contributed by atoms with Crippen LogP contribution in [0.15, 0.2) is 72.9 Å². The molecule has 0 atom stereocenters. The summed E-state index contributed by atoms with van der Waals surface area (Å²) < 4.78 is 11.2. The molecule has 0 bridgehead atoms. The Kier molecular flexibility index (Phi) is 7.90. The summed E-state index contributed by atoms with van der Waals surface area (Å²) in [5.41, 5.74) is 1.43. The van der Waals surface area contributed by atoms with Crippen LogP contribution < -0.4 is 25.0 Å². The minimum absolute atomic E-state index is 0.0535. The van der Waals surface area contributed by atoms with Gasteiger partial charge in [0.15, 0.2) is 11.5 Å². The Hall–Kier alpha value is -4.40. The number of nitrogens with zero attached hydrogens (tertiary/aromatic N) is 2. The zero-order chi connectivity index (χ0) is 24.5. The third-order valence-electron chi connectivity index (χ3n) is 5.27. The summed E-state index contributed by atoms with van der Waals surface area (Å²) >= 11 is 0. The summed E-state index contributed by atoms with van der Waals surface area (Å²) in [6.45, 7) is 0.987. The first-order valence-corrected chi connectivity index (χ1v) is 11.3. The fraction of sp³-hybridized carbons (Fsp3) is 0.231. The Balaban J connectivity index is 1.43. The van der Waals surface area contributed by atoms with Gasteiger partial charge in [-0.05, 0) is 29.8 Å². The molecular formula is C26H26N4O5. The van der Waals surface area contributed by atoms with Crippen molar-refractivity contribution in [2.24, 2.45) is 0 Å². The van der Waals surface area contributed by atoms with Crippen molar-refractivity contribution in [1.82, 2.24) is 10.3 Å². The van der Waals surface area contributed by atoms with Crippen molar-refractivity contribution < 1.29 is 23.9 Å². The van der Waals surface area contributed by atoms with E-state index in [1.165, 1.54) is 4.90 Å². The van der Waals surface area contributed by atoms with E-state index < -0.39 is 0 Å². The number of nitrogens with one attached hydrogen (secondary N) is 2. The van der Waals surface area contributed by atoms with Gasteiger partial charge in [-0.2, -0.15) is 0 Å². The number of aromatic nitrogens is 1. The molecule has 2 N–H and O–H groups in total. The summed E-state index contributed by atoms with van der Waals surface area (Å²) in [6, 6.07) is 19.7. The highest BCUT2D eigenvalue weighted by molar-refractivity contribution is 6.01. The maximum atomic E-state index is 13.2. The first-order chi connectivity index (χ1) is 17.1. The third-order valence-corrected chi connectivity index (χ3v) is 5.27. The molecule has 2 aromatic carbocycles. The summed E-state index contributed by atoms with van der Waals surface area (Å²) in [5, 5.41) is 5.50. The van der Waals surface area contributed by atoms with Gasteiger partial charge in [-0.1, -0.05) is 36.4 Å². The lowest BCUT2D eigenvalue weighted by Crippen LogP contribution is -2.41. The second-order valence-corrected chi connectivity index (χ2v) is 7.83. The molecule has 3 amide bonds. The van der Waals surface area contributed by atoms with E-state index >= 15 is 0 Å². The van der Waals surface area contributed by atoms with E-state index in [0.29, 0.717) is 42.8 Å². The van der Waals surface area contributed by atoms with Gasteiger partial charge in [0.2, 0.25) is 17.7 Å². The Bertz CT molecular complexity index is 1170. The van der Waals surface area contributed by atoms with Crippen molar-refractivity contribution >= 4 is 29.2 Å². The van der Waals surface area contributed by atoms with E-state index in [-0.39, 0.29) is 37.1 Å². The van der Waals surface area contributed by atoms with Crippen LogP contribution in [-0.2, 0) is 20.9 Å². The van der Waals surface area contributed by atoms with Crippen LogP contribution in [0.2, 0.25) is 0 Å². The van der Waals surface area contributed by atoms with E-state index in [2.05, 4.69) is 15.6 Å². The van der Waals surface area contributed by atoms with E-state index in [4.69, 9.17) is 9.47 Å². The van der Waals surface area contributed by atoms with Crippen molar-refractivity contribution in [1.29, 1.82) is 0 Å². The molecule has 0 unspecified atom stereocenters. The monoisotopic (exact) mass is 474 g/mol. The average Bonchev–Trinajstić information content (AvgIpc) is 2.90. The predicted octanol–water partition coefficient (Wildman–Crippen LogP) is 2.92. The lowest BCUT2D eigenvalue weighted by molar-refractivity contribution is -0.125. The Morgan fingerprint density at radius 1 is 0.857 bits per heavy atom. The number of ether oxygens (including phenoxy) is 2. The van der Waals surface area contributed by atoms with Gasteiger partial charge in [-0.25, -0.2) is 4.98 Å². The van der Waals surface area contributed by atoms with Gasteiger partial charge in [-0.3, -0.25) is 14.4 Å². The number of benzene rings is 2. The van der Waals surface area contributed by atoms with Crippen LogP contribution in [0.1, 0.15) is 18.4 Å². The summed E-state index contributed by atoms with van der Waals surface area (Å²) in [6.07, 6.45) is 1.43. The lowest BCUT2D eigenvalue weighted by atomic mass is 10.2. The Morgan fingerprint density at radius 3 is 2.40 bits per heavy atom. The van der Waals surface area contributed by atoms with Gasteiger partial charge in [0.05, 0.1) is 0 Å². The maximum Gasteiger partial charge on any atom is 0.240 e. The number of amides is 3. The van der Waals surface area contributed by atoms with Crippen LogP contribution in [0.3, 0.4) is 0 Å². The van der Waals surface area contributed by atoms with Crippen LogP contribution in [0, 0.1) is 0 Å². The first kappa shape index (κ1) is 23.7. The smallest absolute Gasteiger partial charge is 0.240 e. The molecule has 35 heavy (non-hydrogen) atoms. The molecule has 0 saturated heterocycles. The summed E-state index contributed by atoms with van der Waals surface area (Å²) in [4.78, 5) is 43.6. The number of fused-ring (bicyclic) bond motifs is 1. The van der Waals surface area contributed by atoms with Crippen LogP contribution >= 0.6 is 0 Å². The number of carbonyl (C=O) groups is 3. The molecular weight excluding hydrogens is 448 g/mol. The molecule has 9 heteroatoms. The molecule has 1 aromatic heterocycles. The van der Waals surface area contributed by atoms with Crippen molar-refractivity contribution in [2.75, 3.05) is 30.0 Å². The second kappa shape index (κ2) is 11.6. The number of hydrogen-bond donors (Lipinski definition) is 2. The molecule has 0 fully saturated rings. The van der Waals surface area contributed by atoms with Crippen LogP contribution in [0.4, 0.5) is 11.5 Å². The number of anilines is 2. The number of hydrogen-bond acceptors (Lipinski definition) is 6. The predicted molar refractivity (Wildman–Crippen MR) is 130 cm³/mol. The molecule has 1 aliphatic rings. The summed E-state index contributed by atoms with van der Waals surface area (Å²) in [7, 11) is 0.